The number of nitrogens with two attached hydrogens (primary N) is 1. The van der Waals surface area contributed by atoms with Gasteiger partial charge in [-0.3, -0.25) is 0 Å². The summed E-state index contributed by atoms with van der Waals surface area (Å²) in [5.41, 5.74) is 6.58. The molecule has 0 bridgehead atoms. The predicted molar refractivity (Wildman–Crippen MR) is 76.2 cm³/mol. The van der Waals surface area contributed by atoms with Crippen LogP contribution in [0.1, 0.15) is 44.2 Å². The highest BCUT2D eigenvalue weighted by molar-refractivity contribution is 5.66. The van der Waals surface area contributed by atoms with Gasteiger partial charge in [-0.1, -0.05) is 0 Å². The Morgan fingerprint density at radius 2 is 2.25 bits per heavy atom. The molecule has 2 unspecified atom stereocenters. The second-order valence-corrected chi connectivity index (χ2v) is 5.89. The third-order valence-electron chi connectivity index (χ3n) is 4.59. The Bertz CT molecular complexity index is 542. The maximum absolute atomic E-state index is 9.45. The Labute approximate surface area is 118 Å². The minimum Gasteiger partial charge on any atom is -0.394 e. The standard InChI is InChI=1S/C14H21N5O/c1-9(10-4-5-10)19-13(16)12(7-15)14(17-19)18-6-2-3-11(18)8-20/h9-11,20H,2-6,8,16H2,1H3. The number of aliphatic hydroxyl groups is 1. The first-order chi connectivity index (χ1) is 9.67. The fraction of sp³-hybridized carbons (Fsp3) is 0.714. The van der Waals surface area contributed by atoms with E-state index >= 15 is 0 Å². The Morgan fingerprint density at radius 1 is 1.50 bits per heavy atom. The van der Waals surface area contributed by atoms with E-state index in [2.05, 4.69) is 18.1 Å². The molecule has 1 aromatic heterocycles. The fourth-order valence-corrected chi connectivity index (χ4v) is 3.14. The van der Waals surface area contributed by atoms with Gasteiger partial charge in [-0.05, 0) is 38.5 Å². The fourth-order valence-electron chi connectivity index (χ4n) is 3.14. The zero-order chi connectivity index (χ0) is 14.3. The summed E-state index contributed by atoms with van der Waals surface area (Å²) in [7, 11) is 0. The molecule has 1 saturated heterocycles. The lowest BCUT2D eigenvalue weighted by molar-refractivity contribution is 0.266. The molecule has 2 aliphatic rings. The molecule has 1 aliphatic carbocycles. The van der Waals surface area contributed by atoms with Crippen molar-refractivity contribution in [2.24, 2.45) is 5.92 Å². The molecule has 0 radical (unpaired) electrons. The van der Waals surface area contributed by atoms with E-state index in [9.17, 15) is 10.4 Å². The zero-order valence-corrected chi connectivity index (χ0v) is 11.8. The number of hydrogen-bond donors (Lipinski definition) is 2. The molecular formula is C14H21N5O. The second kappa shape index (κ2) is 4.98. The van der Waals surface area contributed by atoms with Gasteiger partial charge in [-0.25, -0.2) is 4.68 Å². The van der Waals surface area contributed by atoms with Gasteiger partial charge in [0.15, 0.2) is 5.82 Å². The van der Waals surface area contributed by atoms with Gasteiger partial charge in [0.05, 0.1) is 18.7 Å². The van der Waals surface area contributed by atoms with Crippen molar-refractivity contribution < 1.29 is 5.11 Å². The summed E-state index contributed by atoms with van der Waals surface area (Å²) in [4.78, 5) is 2.03. The number of nitrogens with zero attached hydrogens (tertiary/aromatic N) is 4. The first-order valence-corrected chi connectivity index (χ1v) is 7.33. The van der Waals surface area contributed by atoms with Crippen molar-refractivity contribution in [1.82, 2.24) is 9.78 Å². The van der Waals surface area contributed by atoms with Crippen LogP contribution >= 0.6 is 0 Å². The Balaban J connectivity index is 1.98. The van der Waals surface area contributed by atoms with Crippen molar-refractivity contribution in [1.29, 1.82) is 5.26 Å². The van der Waals surface area contributed by atoms with E-state index in [1.807, 2.05) is 4.90 Å². The molecule has 20 heavy (non-hydrogen) atoms. The topological polar surface area (TPSA) is 91.1 Å². The monoisotopic (exact) mass is 275 g/mol. The summed E-state index contributed by atoms with van der Waals surface area (Å²) in [6.45, 7) is 3.03. The van der Waals surface area contributed by atoms with Gasteiger partial charge in [0.25, 0.3) is 0 Å². The molecule has 6 heteroatoms. The smallest absolute Gasteiger partial charge is 0.171 e. The van der Waals surface area contributed by atoms with Crippen LogP contribution in [0.4, 0.5) is 11.6 Å². The Hall–Kier alpha value is -1.74. The summed E-state index contributed by atoms with van der Waals surface area (Å²) < 4.78 is 1.80. The number of rotatable bonds is 4. The molecule has 0 amide bonds. The molecule has 1 saturated carbocycles. The van der Waals surface area contributed by atoms with E-state index in [-0.39, 0.29) is 18.7 Å². The number of nitriles is 1. The third kappa shape index (κ3) is 2.02. The van der Waals surface area contributed by atoms with Gasteiger partial charge in [0.2, 0.25) is 0 Å². The molecule has 2 fully saturated rings. The van der Waals surface area contributed by atoms with Crippen LogP contribution in [0, 0.1) is 17.2 Å². The maximum atomic E-state index is 9.45. The first-order valence-electron chi connectivity index (χ1n) is 7.33. The molecule has 3 rings (SSSR count). The van der Waals surface area contributed by atoms with E-state index in [0.29, 0.717) is 23.1 Å². The van der Waals surface area contributed by atoms with Crippen molar-refractivity contribution in [3.8, 4) is 6.07 Å². The van der Waals surface area contributed by atoms with Crippen LogP contribution in [-0.4, -0.2) is 34.1 Å². The quantitative estimate of drug-likeness (QED) is 0.863. The van der Waals surface area contributed by atoms with Crippen LogP contribution in [0.5, 0.6) is 0 Å². The van der Waals surface area contributed by atoms with E-state index in [1.165, 1.54) is 12.8 Å². The first kappa shape index (κ1) is 13.3. The summed E-state index contributed by atoms with van der Waals surface area (Å²) in [5.74, 6) is 1.74. The molecule has 3 N–H and O–H groups in total. The lowest BCUT2D eigenvalue weighted by Gasteiger charge is -2.22. The van der Waals surface area contributed by atoms with Crippen LogP contribution in [0.3, 0.4) is 0 Å². The molecule has 6 nitrogen and oxygen atoms in total. The highest BCUT2D eigenvalue weighted by Gasteiger charge is 2.34. The molecule has 0 spiro atoms. The van der Waals surface area contributed by atoms with Crippen molar-refractivity contribution >= 4 is 11.6 Å². The SMILES string of the molecule is CC(C1CC1)n1nc(N2CCCC2CO)c(C#N)c1N. The average Bonchev–Trinajstić information content (AvgIpc) is 3.10. The summed E-state index contributed by atoms with van der Waals surface area (Å²) in [6, 6.07) is 2.49. The molecule has 108 valence electrons. The van der Waals surface area contributed by atoms with Crippen LogP contribution < -0.4 is 10.6 Å². The second-order valence-electron chi connectivity index (χ2n) is 5.89. The van der Waals surface area contributed by atoms with Crippen LogP contribution in [-0.2, 0) is 0 Å². The largest absolute Gasteiger partial charge is 0.394 e. The van der Waals surface area contributed by atoms with E-state index in [0.717, 1.165) is 19.4 Å². The van der Waals surface area contributed by atoms with Crippen molar-refractivity contribution in [2.45, 2.75) is 44.7 Å². The van der Waals surface area contributed by atoms with Crippen molar-refractivity contribution in [3.63, 3.8) is 0 Å². The third-order valence-corrected chi connectivity index (χ3v) is 4.59. The molecule has 2 atom stereocenters. The van der Waals surface area contributed by atoms with Gasteiger partial charge >= 0.3 is 0 Å². The van der Waals surface area contributed by atoms with Crippen molar-refractivity contribution in [2.75, 3.05) is 23.8 Å². The number of anilines is 2. The van der Waals surface area contributed by atoms with Gasteiger partial charge in [-0.15, -0.1) is 0 Å². The lowest BCUT2D eigenvalue weighted by Crippen LogP contribution is -2.33. The van der Waals surface area contributed by atoms with Crippen molar-refractivity contribution in [3.05, 3.63) is 5.56 Å². The molecule has 2 heterocycles. The number of hydrogen-bond acceptors (Lipinski definition) is 5. The van der Waals surface area contributed by atoms with Crippen LogP contribution in [0.25, 0.3) is 0 Å². The van der Waals surface area contributed by atoms with E-state index in [1.54, 1.807) is 4.68 Å². The normalized spacial score (nSPS) is 23.9. The summed E-state index contributed by atoms with van der Waals surface area (Å²) in [5, 5.41) is 23.5. The van der Waals surface area contributed by atoms with Gasteiger partial charge in [0, 0.05) is 6.54 Å². The van der Waals surface area contributed by atoms with Gasteiger partial charge in [0.1, 0.15) is 17.5 Å². The van der Waals surface area contributed by atoms with Gasteiger partial charge < -0.3 is 15.7 Å². The summed E-state index contributed by atoms with van der Waals surface area (Å²) in [6.07, 6.45) is 4.37. The minimum absolute atomic E-state index is 0.0566. The van der Waals surface area contributed by atoms with Crippen LogP contribution in [0.15, 0.2) is 0 Å². The number of aromatic nitrogens is 2. The number of aliphatic hydroxyl groups excluding tert-OH is 1. The maximum Gasteiger partial charge on any atom is 0.171 e. The highest BCUT2D eigenvalue weighted by atomic mass is 16.3. The van der Waals surface area contributed by atoms with Crippen LogP contribution in [0.2, 0.25) is 0 Å². The molecule has 1 aliphatic heterocycles. The molecule has 0 aromatic carbocycles. The average molecular weight is 275 g/mol. The molecular weight excluding hydrogens is 254 g/mol. The molecule has 1 aromatic rings. The zero-order valence-electron chi connectivity index (χ0n) is 11.8. The Kier molecular flexibility index (Phi) is 3.30. The minimum atomic E-state index is 0.0566. The lowest BCUT2D eigenvalue weighted by atomic mass is 10.2. The number of nitrogen functional groups attached to an aromatic ring is 1. The Morgan fingerprint density at radius 3 is 2.85 bits per heavy atom. The van der Waals surface area contributed by atoms with E-state index in [4.69, 9.17) is 5.73 Å². The van der Waals surface area contributed by atoms with Gasteiger partial charge in [-0.2, -0.15) is 10.4 Å². The highest BCUT2D eigenvalue weighted by Crippen LogP contribution is 2.42. The predicted octanol–water partition coefficient (Wildman–Crippen LogP) is 1.27. The summed E-state index contributed by atoms with van der Waals surface area (Å²) >= 11 is 0. The van der Waals surface area contributed by atoms with E-state index < -0.39 is 0 Å².